The fourth-order valence-corrected chi connectivity index (χ4v) is 6.84. The first-order valence-electron chi connectivity index (χ1n) is 9.36. The summed E-state index contributed by atoms with van der Waals surface area (Å²) in [5, 5.41) is 1.49. The van der Waals surface area contributed by atoms with E-state index in [2.05, 4.69) is 13.1 Å². The topological polar surface area (TPSA) is 52.6 Å². The lowest BCUT2D eigenvalue weighted by Crippen LogP contribution is -2.41. The molecule has 5 heteroatoms. The molecule has 2 aromatic rings. The van der Waals surface area contributed by atoms with Gasteiger partial charge in [-0.05, 0) is 28.0 Å². The first kappa shape index (κ1) is 20.5. The van der Waals surface area contributed by atoms with Crippen LogP contribution in [0.25, 0.3) is 11.3 Å². The number of hydrogen-bond donors (Lipinski definition) is 0. The van der Waals surface area contributed by atoms with Gasteiger partial charge in [0.15, 0.2) is 0 Å². The Labute approximate surface area is 172 Å². The van der Waals surface area contributed by atoms with Gasteiger partial charge in [0.2, 0.25) is 0 Å². The molecule has 0 fully saturated rings. The predicted octanol–water partition coefficient (Wildman–Crippen LogP) is 4.60. The van der Waals surface area contributed by atoms with E-state index in [-0.39, 0.29) is 0 Å². The van der Waals surface area contributed by atoms with E-state index in [0.29, 0.717) is 16.3 Å². The van der Waals surface area contributed by atoms with Crippen molar-refractivity contribution in [3.63, 3.8) is 0 Å². The van der Waals surface area contributed by atoms with Gasteiger partial charge >= 0.3 is 11.9 Å². The van der Waals surface area contributed by atoms with Crippen LogP contribution in [0.5, 0.6) is 0 Å². The molecule has 3 rings (SSSR count). The standard InChI is InChI=1S/C24H24O4Si/c1-27-23(25)21-19(15-17-11-7-5-8-12-17)16-20(18-13-9-6-10-14-18)29(3,4)22(21)24(26)28-2/h5-16H,1-4H3/b19-15-. The molecular weight excluding hydrogens is 380 g/mol. The molecule has 0 saturated carbocycles. The number of allylic oxidation sites excluding steroid dienone is 1. The maximum atomic E-state index is 12.9. The van der Waals surface area contributed by atoms with Gasteiger partial charge in [-0.15, -0.1) is 0 Å². The number of methoxy groups -OCH3 is 2. The number of benzene rings is 2. The molecule has 1 aliphatic rings. The summed E-state index contributed by atoms with van der Waals surface area (Å²) in [6, 6.07) is 19.6. The monoisotopic (exact) mass is 404 g/mol. The second-order valence-corrected chi connectivity index (χ2v) is 11.6. The van der Waals surface area contributed by atoms with Gasteiger partial charge in [-0.25, -0.2) is 9.59 Å². The van der Waals surface area contributed by atoms with Crippen LogP contribution in [0.3, 0.4) is 0 Å². The molecule has 0 spiro atoms. The van der Waals surface area contributed by atoms with Gasteiger partial charge in [-0.1, -0.05) is 79.8 Å². The first-order chi connectivity index (χ1) is 13.9. The molecule has 148 valence electrons. The van der Waals surface area contributed by atoms with Crippen LogP contribution in [0.15, 0.2) is 83.1 Å². The van der Waals surface area contributed by atoms with Crippen LogP contribution in [-0.4, -0.2) is 34.2 Å². The molecule has 0 saturated heterocycles. The lowest BCUT2D eigenvalue weighted by Gasteiger charge is -2.34. The van der Waals surface area contributed by atoms with Crippen molar-refractivity contribution in [2.24, 2.45) is 0 Å². The molecule has 29 heavy (non-hydrogen) atoms. The molecule has 2 aromatic carbocycles. The Morgan fingerprint density at radius 1 is 0.828 bits per heavy atom. The average Bonchev–Trinajstić information content (AvgIpc) is 2.74. The van der Waals surface area contributed by atoms with Crippen molar-refractivity contribution in [2.75, 3.05) is 14.2 Å². The van der Waals surface area contributed by atoms with Crippen LogP contribution in [0.4, 0.5) is 0 Å². The van der Waals surface area contributed by atoms with Crippen LogP contribution in [0.1, 0.15) is 11.1 Å². The summed E-state index contributed by atoms with van der Waals surface area (Å²) < 4.78 is 10.2. The Balaban J connectivity index is 2.34. The highest BCUT2D eigenvalue weighted by Crippen LogP contribution is 2.42. The van der Waals surface area contributed by atoms with Crippen LogP contribution >= 0.6 is 0 Å². The number of carbonyl (C=O) groups excluding carboxylic acids is 2. The highest BCUT2D eigenvalue weighted by atomic mass is 28.3. The molecule has 1 heterocycles. The van der Waals surface area contributed by atoms with Crippen molar-refractivity contribution in [2.45, 2.75) is 13.1 Å². The van der Waals surface area contributed by atoms with Gasteiger partial charge in [0.1, 0.15) is 8.07 Å². The maximum Gasteiger partial charge on any atom is 0.338 e. The molecule has 4 nitrogen and oxygen atoms in total. The zero-order valence-electron chi connectivity index (χ0n) is 17.1. The van der Waals surface area contributed by atoms with E-state index in [1.54, 1.807) is 0 Å². The van der Waals surface area contributed by atoms with Crippen molar-refractivity contribution in [3.05, 3.63) is 94.2 Å². The first-order valence-corrected chi connectivity index (χ1v) is 12.4. The lowest BCUT2D eigenvalue weighted by molar-refractivity contribution is -0.138. The molecule has 0 bridgehead atoms. The Hall–Kier alpha value is -3.18. The molecule has 0 aliphatic carbocycles. The van der Waals surface area contributed by atoms with Crippen molar-refractivity contribution in [1.82, 2.24) is 0 Å². The molecule has 0 amide bonds. The third-order valence-corrected chi connectivity index (χ3v) is 8.61. The second-order valence-electron chi connectivity index (χ2n) is 7.29. The Morgan fingerprint density at radius 3 is 1.93 bits per heavy atom. The minimum absolute atomic E-state index is 0.291. The van der Waals surface area contributed by atoms with E-state index in [1.165, 1.54) is 14.2 Å². The van der Waals surface area contributed by atoms with Crippen LogP contribution < -0.4 is 0 Å². The number of rotatable bonds is 4. The maximum absolute atomic E-state index is 12.9. The lowest BCUT2D eigenvalue weighted by atomic mass is 9.99. The smallest absolute Gasteiger partial charge is 0.338 e. The van der Waals surface area contributed by atoms with Gasteiger partial charge in [0.05, 0.1) is 19.8 Å². The zero-order valence-corrected chi connectivity index (χ0v) is 18.1. The van der Waals surface area contributed by atoms with Crippen molar-refractivity contribution < 1.29 is 19.1 Å². The summed E-state index contributed by atoms with van der Waals surface area (Å²) in [7, 11) is 0.121. The van der Waals surface area contributed by atoms with Gasteiger partial charge in [-0.2, -0.15) is 0 Å². The predicted molar refractivity (Wildman–Crippen MR) is 117 cm³/mol. The Morgan fingerprint density at radius 2 is 1.38 bits per heavy atom. The third kappa shape index (κ3) is 4.00. The van der Waals surface area contributed by atoms with E-state index in [9.17, 15) is 9.59 Å². The summed E-state index contributed by atoms with van der Waals surface area (Å²) in [5.74, 6) is -1.01. The van der Waals surface area contributed by atoms with E-state index in [4.69, 9.17) is 9.47 Å². The third-order valence-electron chi connectivity index (χ3n) is 5.12. The van der Waals surface area contributed by atoms with Gasteiger partial charge in [0, 0.05) is 5.20 Å². The highest BCUT2D eigenvalue weighted by Gasteiger charge is 2.44. The SMILES string of the molecule is COC(=O)C1=C(C(=O)OC)[Si](C)(C)C(c2ccccc2)=C/C1=C/c1ccccc1. The molecule has 0 aromatic heterocycles. The minimum Gasteiger partial charge on any atom is -0.466 e. The zero-order chi connectivity index (χ0) is 21.0. The number of esters is 2. The van der Waals surface area contributed by atoms with Gasteiger partial charge < -0.3 is 9.47 Å². The summed E-state index contributed by atoms with van der Waals surface area (Å²) >= 11 is 0. The Kier molecular flexibility index (Phi) is 5.99. The van der Waals surface area contributed by atoms with Crippen LogP contribution in [0.2, 0.25) is 13.1 Å². The number of carbonyl (C=O) groups is 2. The summed E-state index contributed by atoms with van der Waals surface area (Å²) in [6.45, 7) is 4.11. The van der Waals surface area contributed by atoms with Gasteiger partial charge in [0.25, 0.3) is 0 Å². The molecule has 0 N–H and O–H groups in total. The normalized spacial score (nSPS) is 17.0. The Bertz CT molecular complexity index is 1020. The second kappa shape index (κ2) is 8.45. The number of ether oxygens (including phenoxy) is 2. The van der Waals surface area contributed by atoms with Crippen LogP contribution in [0, 0.1) is 0 Å². The van der Waals surface area contributed by atoms with Crippen molar-refractivity contribution >= 4 is 31.3 Å². The highest BCUT2D eigenvalue weighted by molar-refractivity contribution is 7.03. The fraction of sp³-hybridized carbons (Fsp3) is 0.167. The van der Waals surface area contributed by atoms with E-state index >= 15 is 0 Å². The average molecular weight is 405 g/mol. The largest absolute Gasteiger partial charge is 0.466 e. The number of hydrogen-bond acceptors (Lipinski definition) is 4. The fourth-order valence-electron chi connectivity index (χ4n) is 3.69. The van der Waals surface area contributed by atoms with Crippen molar-refractivity contribution in [1.29, 1.82) is 0 Å². The molecule has 0 radical (unpaired) electrons. The molecule has 0 atom stereocenters. The molecule has 0 unspecified atom stereocenters. The molecular formula is C24H24O4Si. The van der Waals surface area contributed by atoms with E-state index in [0.717, 1.165) is 16.3 Å². The molecule has 1 aliphatic heterocycles. The summed E-state index contributed by atoms with van der Waals surface area (Å²) in [5.41, 5.74) is 2.90. The summed E-state index contributed by atoms with van der Waals surface area (Å²) in [6.07, 6.45) is 3.93. The van der Waals surface area contributed by atoms with E-state index < -0.39 is 20.0 Å². The summed E-state index contributed by atoms with van der Waals surface area (Å²) in [4.78, 5) is 25.7. The van der Waals surface area contributed by atoms with Crippen molar-refractivity contribution in [3.8, 4) is 0 Å². The minimum atomic E-state index is -2.55. The van der Waals surface area contributed by atoms with Gasteiger partial charge in [-0.3, -0.25) is 0 Å². The quantitative estimate of drug-likeness (QED) is 0.552. The van der Waals surface area contributed by atoms with E-state index in [1.807, 2.05) is 72.8 Å². The van der Waals surface area contributed by atoms with Crippen LogP contribution in [-0.2, 0) is 19.1 Å².